The van der Waals surface area contributed by atoms with Gasteiger partial charge in [-0.1, -0.05) is 30.3 Å². The second-order valence-electron chi connectivity index (χ2n) is 8.09. The van der Waals surface area contributed by atoms with Gasteiger partial charge in [-0.25, -0.2) is 4.79 Å². The summed E-state index contributed by atoms with van der Waals surface area (Å²) in [5.74, 6) is -4.69. The standard InChI is InChI=1S/C21H30N2O7/c1-21(2,3)30-20(29)16(23-18(26)15(22)9-10-17(24)25)12-14(19(27)28)11-13-7-5-4-6-8-13/h4-8,14-16H,9-12,22H2,1-3H3,(H,23,26)(H,24,25)(H,27,28)/t14?,15-,16-/m0/s1. The quantitative estimate of drug-likeness (QED) is 0.389. The number of amides is 1. The number of ether oxygens (including phenoxy) is 1. The number of carbonyl (C=O) groups is 4. The first-order chi connectivity index (χ1) is 13.9. The van der Waals surface area contributed by atoms with Crippen molar-refractivity contribution in [2.24, 2.45) is 11.7 Å². The first kappa shape index (κ1) is 25.1. The van der Waals surface area contributed by atoms with Crippen LogP contribution in [0.15, 0.2) is 30.3 Å². The summed E-state index contributed by atoms with van der Waals surface area (Å²) in [6.45, 7) is 4.96. The highest BCUT2D eigenvalue weighted by atomic mass is 16.6. The van der Waals surface area contributed by atoms with E-state index in [0.717, 1.165) is 5.56 Å². The van der Waals surface area contributed by atoms with Crippen molar-refractivity contribution in [3.05, 3.63) is 35.9 Å². The SMILES string of the molecule is CC(C)(C)OC(=O)[C@H](CC(Cc1ccccc1)C(=O)O)NC(=O)[C@@H](N)CCC(=O)O. The average molecular weight is 422 g/mol. The van der Waals surface area contributed by atoms with Crippen LogP contribution in [0.2, 0.25) is 0 Å². The van der Waals surface area contributed by atoms with Gasteiger partial charge in [-0.05, 0) is 45.6 Å². The molecule has 0 aliphatic rings. The minimum Gasteiger partial charge on any atom is -0.481 e. The van der Waals surface area contributed by atoms with Gasteiger partial charge in [-0.2, -0.15) is 0 Å². The Kier molecular flexibility index (Phi) is 9.45. The van der Waals surface area contributed by atoms with E-state index in [4.69, 9.17) is 15.6 Å². The summed E-state index contributed by atoms with van der Waals surface area (Å²) < 4.78 is 5.33. The molecule has 0 fully saturated rings. The molecule has 9 nitrogen and oxygen atoms in total. The number of carboxylic acid groups (broad SMARTS) is 2. The molecule has 0 saturated carbocycles. The van der Waals surface area contributed by atoms with Crippen LogP contribution in [-0.4, -0.2) is 51.7 Å². The van der Waals surface area contributed by atoms with E-state index >= 15 is 0 Å². The maximum Gasteiger partial charge on any atom is 0.329 e. The van der Waals surface area contributed by atoms with Crippen molar-refractivity contribution in [3.8, 4) is 0 Å². The van der Waals surface area contributed by atoms with Gasteiger partial charge in [-0.3, -0.25) is 14.4 Å². The molecular weight excluding hydrogens is 392 g/mol. The molecule has 1 amide bonds. The number of hydrogen-bond donors (Lipinski definition) is 4. The van der Waals surface area contributed by atoms with Gasteiger partial charge in [0.1, 0.15) is 11.6 Å². The minimum absolute atomic E-state index is 0.116. The van der Waals surface area contributed by atoms with Crippen LogP contribution in [0.25, 0.3) is 0 Å². The first-order valence-electron chi connectivity index (χ1n) is 9.66. The van der Waals surface area contributed by atoms with Crippen LogP contribution in [0.3, 0.4) is 0 Å². The zero-order valence-corrected chi connectivity index (χ0v) is 17.5. The van der Waals surface area contributed by atoms with Gasteiger partial charge >= 0.3 is 17.9 Å². The van der Waals surface area contributed by atoms with Crippen molar-refractivity contribution in [1.29, 1.82) is 0 Å². The molecule has 0 aliphatic heterocycles. The fourth-order valence-corrected chi connectivity index (χ4v) is 2.73. The Bertz CT molecular complexity index is 743. The average Bonchev–Trinajstić information content (AvgIpc) is 2.63. The predicted octanol–water partition coefficient (Wildman–Crippen LogP) is 1.34. The Labute approximate surface area is 175 Å². The van der Waals surface area contributed by atoms with Gasteiger partial charge in [0.2, 0.25) is 5.91 Å². The molecule has 0 aromatic heterocycles. The number of esters is 1. The summed E-state index contributed by atoms with van der Waals surface area (Å²) in [6.07, 6.45) is -0.459. The number of carbonyl (C=O) groups excluding carboxylic acids is 2. The van der Waals surface area contributed by atoms with Gasteiger partial charge in [0.05, 0.1) is 12.0 Å². The number of rotatable bonds is 11. The van der Waals surface area contributed by atoms with Crippen LogP contribution in [0.5, 0.6) is 0 Å². The van der Waals surface area contributed by atoms with Crippen molar-refractivity contribution < 1.29 is 34.1 Å². The molecule has 0 radical (unpaired) electrons. The molecule has 166 valence electrons. The maximum absolute atomic E-state index is 12.6. The van der Waals surface area contributed by atoms with Gasteiger partial charge < -0.3 is 26.0 Å². The molecular formula is C21H30N2O7. The van der Waals surface area contributed by atoms with Crippen molar-refractivity contribution in [2.75, 3.05) is 0 Å². The molecule has 3 atom stereocenters. The fraction of sp³-hybridized carbons (Fsp3) is 0.524. The molecule has 0 saturated heterocycles. The number of carboxylic acids is 2. The van der Waals surface area contributed by atoms with E-state index in [1.54, 1.807) is 45.0 Å². The highest BCUT2D eigenvalue weighted by molar-refractivity contribution is 5.88. The molecule has 1 rings (SSSR count). The summed E-state index contributed by atoms with van der Waals surface area (Å²) in [4.78, 5) is 47.5. The summed E-state index contributed by atoms with van der Waals surface area (Å²) >= 11 is 0. The topological polar surface area (TPSA) is 156 Å². The van der Waals surface area contributed by atoms with Crippen LogP contribution in [-0.2, 0) is 30.3 Å². The van der Waals surface area contributed by atoms with E-state index in [1.807, 2.05) is 6.07 Å². The molecule has 0 aliphatic carbocycles. The number of aliphatic carboxylic acids is 2. The second-order valence-corrected chi connectivity index (χ2v) is 8.09. The molecule has 5 N–H and O–H groups in total. The third-order valence-corrected chi connectivity index (χ3v) is 4.21. The molecule has 0 spiro atoms. The van der Waals surface area contributed by atoms with Gasteiger partial charge in [0.25, 0.3) is 0 Å². The van der Waals surface area contributed by atoms with E-state index in [9.17, 15) is 24.3 Å². The maximum atomic E-state index is 12.6. The van der Waals surface area contributed by atoms with E-state index in [2.05, 4.69) is 5.32 Å². The first-order valence-corrected chi connectivity index (χ1v) is 9.66. The zero-order valence-electron chi connectivity index (χ0n) is 17.5. The molecule has 30 heavy (non-hydrogen) atoms. The minimum atomic E-state index is -1.24. The van der Waals surface area contributed by atoms with Crippen LogP contribution < -0.4 is 11.1 Å². The monoisotopic (exact) mass is 422 g/mol. The van der Waals surface area contributed by atoms with Gasteiger partial charge in [0, 0.05) is 6.42 Å². The number of nitrogens with one attached hydrogen (secondary N) is 1. The third-order valence-electron chi connectivity index (χ3n) is 4.21. The zero-order chi connectivity index (χ0) is 22.9. The van der Waals surface area contributed by atoms with E-state index in [0.29, 0.717) is 0 Å². The van der Waals surface area contributed by atoms with Crippen LogP contribution >= 0.6 is 0 Å². The summed E-state index contributed by atoms with van der Waals surface area (Å²) in [5.41, 5.74) is 5.64. The molecule has 1 unspecified atom stereocenters. The lowest BCUT2D eigenvalue weighted by molar-refractivity contribution is -0.160. The fourth-order valence-electron chi connectivity index (χ4n) is 2.73. The van der Waals surface area contributed by atoms with Crippen molar-refractivity contribution in [3.63, 3.8) is 0 Å². The molecule has 1 aromatic rings. The summed E-state index contributed by atoms with van der Waals surface area (Å²) in [7, 11) is 0. The van der Waals surface area contributed by atoms with Crippen molar-refractivity contribution in [2.45, 2.75) is 64.1 Å². The Morgan fingerprint density at radius 3 is 2.20 bits per heavy atom. The Morgan fingerprint density at radius 1 is 1.10 bits per heavy atom. The highest BCUT2D eigenvalue weighted by Gasteiger charge is 2.33. The predicted molar refractivity (Wildman–Crippen MR) is 109 cm³/mol. The lowest BCUT2D eigenvalue weighted by atomic mass is 9.92. The van der Waals surface area contributed by atoms with E-state index in [-0.39, 0.29) is 25.7 Å². The highest BCUT2D eigenvalue weighted by Crippen LogP contribution is 2.18. The lowest BCUT2D eigenvalue weighted by Gasteiger charge is -2.27. The lowest BCUT2D eigenvalue weighted by Crippen LogP contribution is -2.51. The van der Waals surface area contributed by atoms with Gasteiger partial charge in [-0.15, -0.1) is 0 Å². The second kappa shape index (κ2) is 11.3. The molecule has 0 bridgehead atoms. The van der Waals surface area contributed by atoms with Crippen molar-refractivity contribution >= 4 is 23.8 Å². The Balaban J connectivity index is 2.97. The largest absolute Gasteiger partial charge is 0.481 e. The molecule has 1 aromatic carbocycles. The third kappa shape index (κ3) is 9.51. The Morgan fingerprint density at radius 2 is 1.70 bits per heavy atom. The van der Waals surface area contributed by atoms with E-state index < -0.39 is 47.4 Å². The number of hydrogen-bond acceptors (Lipinski definition) is 6. The van der Waals surface area contributed by atoms with Gasteiger partial charge in [0.15, 0.2) is 0 Å². The van der Waals surface area contributed by atoms with Crippen LogP contribution in [0, 0.1) is 5.92 Å². The van der Waals surface area contributed by atoms with Crippen molar-refractivity contribution in [1.82, 2.24) is 5.32 Å². The Hall–Kier alpha value is -2.94. The number of benzene rings is 1. The van der Waals surface area contributed by atoms with Crippen LogP contribution in [0.4, 0.5) is 0 Å². The smallest absolute Gasteiger partial charge is 0.329 e. The summed E-state index contributed by atoms with van der Waals surface area (Å²) in [6, 6.07) is 6.53. The molecule has 9 heteroatoms. The summed E-state index contributed by atoms with van der Waals surface area (Å²) in [5, 5.41) is 20.8. The van der Waals surface area contributed by atoms with Crippen LogP contribution in [0.1, 0.15) is 45.6 Å². The molecule has 0 heterocycles. The van der Waals surface area contributed by atoms with E-state index in [1.165, 1.54) is 0 Å². The normalized spacial score (nSPS) is 14.3. The number of nitrogens with two attached hydrogens (primary N) is 1.